The number of rotatable bonds is 7. The van der Waals surface area contributed by atoms with Crippen molar-refractivity contribution in [3.8, 4) is 0 Å². The van der Waals surface area contributed by atoms with Crippen molar-refractivity contribution in [3.63, 3.8) is 0 Å². The molecule has 0 spiro atoms. The van der Waals surface area contributed by atoms with Gasteiger partial charge in [-0.1, -0.05) is 19.9 Å². The summed E-state index contributed by atoms with van der Waals surface area (Å²) in [5.41, 5.74) is 2.55. The second kappa shape index (κ2) is 13.9. The molecule has 4 aromatic heterocycles. The number of pyridine rings is 4. The van der Waals surface area contributed by atoms with Crippen LogP contribution in [0.5, 0.6) is 0 Å². The van der Waals surface area contributed by atoms with E-state index in [1.807, 2.05) is 65.8 Å². The van der Waals surface area contributed by atoms with Crippen LogP contribution in [0.3, 0.4) is 0 Å². The van der Waals surface area contributed by atoms with Gasteiger partial charge < -0.3 is 18.8 Å². The average molecular weight is 695 g/mol. The van der Waals surface area contributed by atoms with Gasteiger partial charge in [-0.3, -0.25) is 18.4 Å². The second-order valence-electron chi connectivity index (χ2n) is 11.8. The monoisotopic (exact) mass is 694 g/mol. The Kier molecular flexibility index (Phi) is 10.6. The lowest BCUT2D eigenvalue weighted by atomic mass is 9.80. The number of esters is 2. The van der Waals surface area contributed by atoms with Gasteiger partial charge in [-0.25, -0.2) is 9.59 Å². The van der Waals surface area contributed by atoms with Gasteiger partial charge in [-0.05, 0) is 117 Å². The van der Waals surface area contributed by atoms with Gasteiger partial charge in [-0.2, -0.15) is 0 Å². The Morgan fingerprint density at radius 1 is 0.739 bits per heavy atom. The standard InChI is InChI=1S/C20H26BNO5.C14H14BrNO3/c1-7-13-11-15(18(24)25-8-2)17(23)22-12-14(9-10-16(13)22)21-26-19(3,4)20(5,6)27-21;1-3-9-7-11(14(18)19-4-2)13(17)16-8-10(15)5-6-12(9)16/h9-12H,7-8H2,1-6H3;5-8H,3-4H2,1-2H3. The number of aryl methyl sites for hydroxylation is 2. The molecule has 0 aromatic carbocycles. The lowest BCUT2D eigenvalue weighted by molar-refractivity contribution is 0.00578. The van der Waals surface area contributed by atoms with E-state index in [2.05, 4.69) is 15.9 Å². The van der Waals surface area contributed by atoms with Crippen molar-refractivity contribution in [2.75, 3.05) is 13.2 Å². The maximum Gasteiger partial charge on any atom is 0.496 e. The van der Waals surface area contributed by atoms with E-state index in [1.54, 1.807) is 38.4 Å². The van der Waals surface area contributed by atoms with E-state index >= 15 is 0 Å². The number of hydrogen-bond acceptors (Lipinski definition) is 8. The number of carbonyl (C=O) groups excluding carboxylic acids is 2. The normalized spacial score (nSPS) is 15.0. The molecule has 0 bridgehead atoms. The first kappa shape index (κ1) is 35.1. The van der Waals surface area contributed by atoms with E-state index < -0.39 is 35.8 Å². The Labute approximate surface area is 276 Å². The SMILES string of the molecule is CCOC(=O)c1cc(CC)c2ccc(B3OC(C)(C)C(C)(C)O3)cn2c1=O.CCOC(=O)c1cc(CC)c2ccc(Br)cn2c1=O. The quantitative estimate of drug-likeness (QED) is 0.193. The predicted octanol–water partition coefficient (Wildman–Crippen LogP) is 5.14. The first-order valence-corrected chi connectivity index (χ1v) is 16.2. The zero-order valence-corrected chi connectivity index (χ0v) is 29.1. The number of fused-ring (bicyclic) bond motifs is 2. The van der Waals surface area contributed by atoms with Crippen LogP contribution < -0.4 is 16.6 Å². The summed E-state index contributed by atoms with van der Waals surface area (Å²) in [6.07, 6.45) is 4.78. The molecule has 1 fully saturated rings. The Morgan fingerprint density at radius 2 is 1.17 bits per heavy atom. The molecule has 5 heterocycles. The van der Waals surface area contributed by atoms with Gasteiger partial charge in [0.05, 0.1) is 35.4 Å². The summed E-state index contributed by atoms with van der Waals surface area (Å²) >= 11 is 3.33. The van der Waals surface area contributed by atoms with E-state index in [-0.39, 0.29) is 29.9 Å². The van der Waals surface area contributed by atoms with Crippen LogP contribution in [-0.2, 0) is 31.6 Å². The van der Waals surface area contributed by atoms with Crippen LogP contribution in [0, 0.1) is 0 Å². The Balaban J connectivity index is 0.000000222. The highest BCUT2D eigenvalue weighted by molar-refractivity contribution is 9.10. The predicted molar refractivity (Wildman–Crippen MR) is 181 cm³/mol. The fraction of sp³-hybridized carbons (Fsp3) is 0.412. The Bertz CT molecular complexity index is 1900. The Morgan fingerprint density at radius 3 is 1.61 bits per heavy atom. The molecule has 10 nitrogen and oxygen atoms in total. The number of halogens is 1. The lowest BCUT2D eigenvalue weighted by Gasteiger charge is -2.32. The summed E-state index contributed by atoms with van der Waals surface area (Å²) in [6.45, 7) is 15.8. The van der Waals surface area contributed by atoms with Crippen molar-refractivity contribution in [2.24, 2.45) is 0 Å². The van der Waals surface area contributed by atoms with Crippen molar-refractivity contribution in [2.45, 2.75) is 79.4 Å². The summed E-state index contributed by atoms with van der Waals surface area (Å²) in [5, 5.41) is 0. The Hall–Kier alpha value is -3.74. The van der Waals surface area contributed by atoms with Gasteiger partial charge >= 0.3 is 19.1 Å². The molecule has 1 aliphatic heterocycles. The zero-order chi connectivity index (χ0) is 34.0. The summed E-state index contributed by atoms with van der Waals surface area (Å²) in [6, 6.07) is 10.8. The van der Waals surface area contributed by atoms with E-state index in [4.69, 9.17) is 18.8 Å². The molecule has 46 heavy (non-hydrogen) atoms. The van der Waals surface area contributed by atoms with Gasteiger partial charge in [0.2, 0.25) is 0 Å². The third-order valence-electron chi connectivity index (χ3n) is 8.36. The number of aromatic nitrogens is 2. The van der Waals surface area contributed by atoms with Crippen molar-refractivity contribution >= 4 is 51.5 Å². The van der Waals surface area contributed by atoms with Crippen LogP contribution in [0.25, 0.3) is 11.0 Å². The maximum absolute atomic E-state index is 12.9. The molecule has 1 saturated heterocycles. The van der Waals surface area contributed by atoms with E-state index in [1.165, 1.54) is 8.80 Å². The number of carbonyl (C=O) groups is 2. The summed E-state index contributed by atoms with van der Waals surface area (Å²) in [7, 11) is -0.581. The maximum atomic E-state index is 12.9. The van der Waals surface area contributed by atoms with Crippen LogP contribution in [0.2, 0.25) is 0 Å². The number of hydrogen-bond donors (Lipinski definition) is 0. The minimum Gasteiger partial charge on any atom is -0.462 e. The molecule has 12 heteroatoms. The molecule has 0 N–H and O–H groups in total. The van der Waals surface area contributed by atoms with E-state index in [9.17, 15) is 19.2 Å². The molecule has 5 rings (SSSR count). The van der Waals surface area contributed by atoms with Crippen molar-refractivity contribution in [3.05, 3.63) is 96.2 Å². The molecule has 0 saturated carbocycles. The van der Waals surface area contributed by atoms with Crippen LogP contribution >= 0.6 is 15.9 Å². The fourth-order valence-corrected chi connectivity index (χ4v) is 5.46. The largest absolute Gasteiger partial charge is 0.496 e. The molecular weight excluding hydrogens is 655 g/mol. The van der Waals surface area contributed by atoms with Gasteiger partial charge in [0, 0.05) is 16.9 Å². The highest BCUT2D eigenvalue weighted by Gasteiger charge is 2.51. The van der Waals surface area contributed by atoms with E-state index in [0.29, 0.717) is 6.42 Å². The third kappa shape index (κ3) is 6.84. The minimum absolute atomic E-state index is 0.0391. The summed E-state index contributed by atoms with van der Waals surface area (Å²) in [4.78, 5) is 49.2. The number of ether oxygens (including phenoxy) is 2. The van der Waals surface area contributed by atoms with Gasteiger partial charge in [-0.15, -0.1) is 0 Å². The average Bonchev–Trinajstić information content (AvgIpc) is 3.24. The van der Waals surface area contributed by atoms with Gasteiger partial charge in [0.1, 0.15) is 11.1 Å². The molecule has 244 valence electrons. The number of nitrogens with zero attached hydrogens (tertiary/aromatic N) is 2. The van der Waals surface area contributed by atoms with Crippen LogP contribution in [0.1, 0.15) is 87.2 Å². The highest BCUT2D eigenvalue weighted by atomic mass is 79.9. The zero-order valence-electron chi connectivity index (χ0n) is 27.6. The molecule has 1 aliphatic rings. The first-order chi connectivity index (χ1) is 21.7. The summed E-state index contributed by atoms with van der Waals surface area (Å²) in [5.74, 6) is -1.18. The second-order valence-corrected chi connectivity index (χ2v) is 12.7. The van der Waals surface area contributed by atoms with Gasteiger partial charge in [0.15, 0.2) is 0 Å². The van der Waals surface area contributed by atoms with Crippen molar-refractivity contribution < 1.29 is 28.4 Å². The smallest absolute Gasteiger partial charge is 0.462 e. The van der Waals surface area contributed by atoms with Crippen LogP contribution in [0.15, 0.2) is 62.9 Å². The van der Waals surface area contributed by atoms with Crippen LogP contribution in [-0.4, -0.2) is 52.3 Å². The van der Waals surface area contributed by atoms with Crippen molar-refractivity contribution in [1.82, 2.24) is 8.80 Å². The lowest BCUT2D eigenvalue weighted by Crippen LogP contribution is -2.41. The molecule has 0 unspecified atom stereocenters. The van der Waals surface area contributed by atoms with Gasteiger partial charge in [0.25, 0.3) is 11.1 Å². The molecule has 0 atom stereocenters. The fourth-order valence-electron chi connectivity index (χ4n) is 5.13. The molecule has 0 amide bonds. The first-order valence-electron chi connectivity index (χ1n) is 15.4. The molecule has 0 aliphatic carbocycles. The summed E-state index contributed by atoms with van der Waals surface area (Å²) < 4.78 is 25.9. The minimum atomic E-state index is -0.604. The molecular formula is C34H40BBrN2O8. The van der Waals surface area contributed by atoms with Crippen LogP contribution in [0.4, 0.5) is 0 Å². The third-order valence-corrected chi connectivity index (χ3v) is 8.82. The molecule has 4 aromatic rings. The molecule has 0 radical (unpaired) electrons. The van der Waals surface area contributed by atoms with Crippen molar-refractivity contribution in [1.29, 1.82) is 0 Å². The van der Waals surface area contributed by atoms with E-state index in [0.717, 1.165) is 38.5 Å². The highest BCUT2D eigenvalue weighted by Crippen LogP contribution is 2.36. The topological polar surface area (TPSA) is 114 Å².